The van der Waals surface area contributed by atoms with E-state index in [1.54, 1.807) is 51.5 Å². The highest BCUT2D eigenvalue weighted by atomic mass is 16.3. The van der Waals surface area contributed by atoms with Crippen LogP contribution in [0.5, 0.6) is 11.5 Å². The van der Waals surface area contributed by atoms with Crippen molar-refractivity contribution in [2.45, 2.75) is 43.5 Å². The van der Waals surface area contributed by atoms with Crippen molar-refractivity contribution in [2.24, 2.45) is 0 Å². The van der Waals surface area contributed by atoms with Gasteiger partial charge in [0.25, 0.3) is 0 Å². The summed E-state index contributed by atoms with van der Waals surface area (Å²) in [4.78, 5) is 40.0. The second kappa shape index (κ2) is 14.6. The SMILES string of the molecule is CNCCNC(=O)[C@@H]1Cc2cc(ccc2O)-c2ccc(O)c(c2)C[C@H](NC)C(=O)N[C@@H](C[C@@H](O)CNC)C(=O)N1. The molecule has 0 saturated heterocycles. The van der Waals surface area contributed by atoms with Crippen LogP contribution in [-0.4, -0.2) is 98.0 Å². The minimum Gasteiger partial charge on any atom is -0.508 e. The van der Waals surface area contributed by atoms with Crippen LogP contribution in [0.25, 0.3) is 11.1 Å². The largest absolute Gasteiger partial charge is 0.508 e. The summed E-state index contributed by atoms with van der Waals surface area (Å²) in [5, 5.41) is 48.6. The molecule has 0 fully saturated rings. The van der Waals surface area contributed by atoms with E-state index in [0.717, 1.165) is 11.1 Å². The zero-order valence-electron chi connectivity index (χ0n) is 23.1. The van der Waals surface area contributed by atoms with Crippen LogP contribution in [0.15, 0.2) is 36.4 Å². The van der Waals surface area contributed by atoms with Crippen LogP contribution in [0.2, 0.25) is 0 Å². The molecule has 12 nitrogen and oxygen atoms in total. The molecular weight excluding hydrogens is 516 g/mol. The van der Waals surface area contributed by atoms with Crippen molar-refractivity contribution in [3.05, 3.63) is 47.5 Å². The highest BCUT2D eigenvalue weighted by molar-refractivity contribution is 5.93. The van der Waals surface area contributed by atoms with Crippen molar-refractivity contribution in [1.82, 2.24) is 31.9 Å². The molecule has 3 amide bonds. The summed E-state index contributed by atoms with van der Waals surface area (Å²) in [6.07, 6.45) is -0.970. The molecule has 4 atom stereocenters. The molecule has 0 spiro atoms. The van der Waals surface area contributed by atoms with Gasteiger partial charge >= 0.3 is 0 Å². The minimum atomic E-state index is -1.16. The number of aliphatic hydroxyl groups is 1. The molecule has 1 aliphatic rings. The summed E-state index contributed by atoms with van der Waals surface area (Å²) >= 11 is 0. The summed E-state index contributed by atoms with van der Waals surface area (Å²) in [6, 6.07) is 6.96. The maximum atomic E-state index is 13.5. The fourth-order valence-electron chi connectivity index (χ4n) is 4.63. The van der Waals surface area contributed by atoms with Gasteiger partial charge in [-0.2, -0.15) is 0 Å². The number of hydrogen-bond donors (Lipinski definition) is 9. The number of aromatic hydroxyl groups is 2. The molecular formula is C28H40N6O6. The maximum Gasteiger partial charge on any atom is 0.243 e. The number of phenols is 2. The number of likely N-dealkylation sites (N-methyl/N-ethyl adjacent to an activating group) is 3. The van der Waals surface area contributed by atoms with E-state index in [9.17, 15) is 29.7 Å². The molecule has 9 N–H and O–H groups in total. The number of carbonyl (C=O) groups excluding carboxylic acids is 3. The summed E-state index contributed by atoms with van der Waals surface area (Å²) in [5.41, 5.74) is 2.41. The van der Waals surface area contributed by atoms with Gasteiger partial charge in [-0.25, -0.2) is 0 Å². The average Bonchev–Trinajstić information content (AvgIpc) is 2.92. The summed E-state index contributed by atoms with van der Waals surface area (Å²) in [6.45, 7) is 1.01. The van der Waals surface area contributed by atoms with Gasteiger partial charge in [-0.1, -0.05) is 12.1 Å². The van der Waals surface area contributed by atoms with E-state index in [2.05, 4.69) is 31.9 Å². The van der Waals surface area contributed by atoms with Gasteiger partial charge < -0.3 is 47.2 Å². The van der Waals surface area contributed by atoms with E-state index < -0.39 is 42.0 Å². The lowest BCUT2D eigenvalue weighted by atomic mass is 9.95. The molecule has 0 saturated carbocycles. The van der Waals surface area contributed by atoms with Gasteiger partial charge in [0.1, 0.15) is 23.6 Å². The Morgan fingerprint density at radius 3 is 2.10 bits per heavy atom. The van der Waals surface area contributed by atoms with Crippen LogP contribution < -0.4 is 31.9 Å². The van der Waals surface area contributed by atoms with Crippen LogP contribution in [-0.2, 0) is 27.2 Å². The van der Waals surface area contributed by atoms with Crippen LogP contribution >= 0.6 is 0 Å². The second-order valence-corrected chi connectivity index (χ2v) is 9.90. The summed E-state index contributed by atoms with van der Waals surface area (Å²) in [7, 11) is 5.00. The Morgan fingerprint density at radius 1 is 0.900 bits per heavy atom. The minimum absolute atomic E-state index is 0.0113. The first-order valence-electron chi connectivity index (χ1n) is 13.3. The first-order valence-corrected chi connectivity index (χ1v) is 13.3. The van der Waals surface area contributed by atoms with Crippen LogP contribution in [0.4, 0.5) is 0 Å². The lowest BCUT2D eigenvalue weighted by molar-refractivity contribution is -0.133. The zero-order chi connectivity index (χ0) is 29.2. The zero-order valence-corrected chi connectivity index (χ0v) is 23.1. The number of rotatable bonds is 9. The molecule has 1 heterocycles. The number of hydrogen-bond acceptors (Lipinski definition) is 9. The number of fused-ring (bicyclic) bond motifs is 5. The molecule has 0 radical (unpaired) electrons. The first-order chi connectivity index (χ1) is 19.2. The Morgan fingerprint density at radius 2 is 1.52 bits per heavy atom. The fraction of sp³-hybridized carbons (Fsp3) is 0.464. The van der Waals surface area contributed by atoms with Gasteiger partial charge in [0.05, 0.1) is 12.1 Å². The predicted octanol–water partition coefficient (Wildman–Crippen LogP) is -1.27. The normalized spacial score (nSPS) is 20.4. The van der Waals surface area contributed by atoms with Crippen molar-refractivity contribution >= 4 is 17.7 Å². The molecule has 3 rings (SSSR count). The van der Waals surface area contributed by atoms with E-state index in [-0.39, 0.29) is 37.3 Å². The number of aliphatic hydroxyl groups excluding tert-OH is 1. The molecule has 40 heavy (non-hydrogen) atoms. The number of carbonyl (C=O) groups is 3. The molecule has 1 aliphatic heterocycles. The standard InChI is InChI=1S/C28H40N6O6/c1-29-8-9-32-26(38)22-13-19-11-17(5-7-25(19)37)16-4-6-24(36)18(10-16)12-21(31-3)27(39)34-23(28(40)33-22)14-20(35)15-30-2/h4-7,10-11,20-23,29-31,35-37H,8-9,12-15H2,1-3H3,(H,32,38)(H,33,40)(H,34,39)/t20-,21+,22+,23+/m1/s1. The molecule has 0 aliphatic carbocycles. The van der Waals surface area contributed by atoms with Crippen molar-refractivity contribution in [1.29, 1.82) is 0 Å². The topological polar surface area (TPSA) is 184 Å². The average molecular weight is 557 g/mol. The van der Waals surface area contributed by atoms with Crippen LogP contribution in [0, 0.1) is 0 Å². The second-order valence-electron chi connectivity index (χ2n) is 9.90. The number of phenolic OH excluding ortho intramolecular Hbond substituents is 2. The highest BCUT2D eigenvalue weighted by Gasteiger charge is 2.31. The van der Waals surface area contributed by atoms with E-state index in [0.29, 0.717) is 24.2 Å². The Hall–Kier alpha value is -3.71. The predicted molar refractivity (Wildman–Crippen MR) is 151 cm³/mol. The van der Waals surface area contributed by atoms with E-state index >= 15 is 0 Å². The van der Waals surface area contributed by atoms with Gasteiger partial charge in [0, 0.05) is 38.9 Å². The third-order valence-corrected chi connectivity index (χ3v) is 6.89. The van der Waals surface area contributed by atoms with Gasteiger partial charge in [-0.3, -0.25) is 14.4 Å². The summed E-state index contributed by atoms with van der Waals surface area (Å²) in [5.74, 6) is -1.65. The molecule has 2 aromatic rings. The molecule has 12 heteroatoms. The third-order valence-electron chi connectivity index (χ3n) is 6.89. The molecule has 2 aromatic carbocycles. The van der Waals surface area contributed by atoms with E-state index in [1.807, 2.05) is 0 Å². The molecule has 4 bridgehead atoms. The molecule has 0 unspecified atom stereocenters. The number of nitrogens with one attached hydrogen (secondary N) is 6. The van der Waals surface area contributed by atoms with Crippen molar-refractivity contribution in [2.75, 3.05) is 40.8 Å². The maximum absolute atomic E-state index is 13.5. The Balaban J connectivity index is 2.09. The van der Waals surface area contributed by atoms with Crippen LogP contribution in [0.3, 0.4) is 0 Å². The van der Waals surface area contributed by atoms with Crippen molar-refractivity contribution < 1.29 is 29.7 Å². The summed E-state index contributed by atoms with van der Waals surface area (Å²) < 4.78 is 0. The quantitative estimate of drug-likeness (QED) is 0.170. The molecule has 218 valence electrons. The van der Waals surface area contributed by atoms with Gasteiger partial charge in [-0.15, -0.1) is 0 Å². The molecule has 0 aromatic heterocycles. The van der Waals surface area contributed by atoms with Crippen molar-refractivity contribution in [3.63, 3.8) is 0 Å². The number of amides is 3. The Kier molecular flexibility index (Phi) is 11.3. The third kappa shape index (κ3) is 8.15. The lowest BCUT2D eigenvalue weighted by Crippen LogP contribution is -2.58. The highest BCUT2D eigenvalue weighted by Crippen LogP contribution is 2.31. The van der Waals surface area contributed by atoms with Gasteiger partial charge in [0.2, 0.25) is 17.7 Å². The monoisotopic (exact) mass is 556 g/mol. The van der Waals surface area contributed by atoms with Gasteiger partial charge in [0.15, 0.2) is 0 Å². The van der Waals surface area contributed by atoms with E-state index in [1.165, 1.54) is 6.07 Å². The number of benzene rings is 2. The lowest BCUT2D eigenvalue weighted by Gasteiger charge is -2.26. The van der Waals surface area contributed by atoms with Crippen molar-refractivity contribution in [3.8, 4) is 22.6 Å². The van der Waals surface area contributed by atoms with Crippen LogP contribution in [0.1, 0.15) is 17.5 Å². The van der Waals surface area contributed by atoms with E-state index in [4.69, 9.17) is 0 Å². The first kappa shape index (κ1) is 30.8. The smallest absolute Gasteiger partial charge is 0.243 e. The Bertz CT molecular complexity index is 1190. The Labute approximate surface area is 233 Å². The van der Waals surface area contributed by atoms with Gasteiger partial charge in [-0.05, 0) is 67.7 Å². The fourth-order valence-corrected chi connectivity index (χ4v) is 4.63.